The van der Waals surface area contributed by atoms with Crippen LogP contribution in [0.25, 0.3) is 5.57 Å². The quantitative estimate of drug-likeness (QED) is 0.360. The summed E-state index contributed by atoms with van der Waals surface area (Å²) >= 11 is 0. The Balaban J connectivity index is 1.51. The maximum absolute atomic E-state index is 9.06. The first-order valence-corrected chi connectivity index (χ1v) is 11.8. The molecule has 1 aromatic heterocycles. The molecule has 0 spiro atoms. The van der Waals surface area contributed by atoms with Crippen molar-refractivity contribution in [2.24, 2.45) is 0 Å². The molecule has 7 nitrogen and oxygen atoms in total. The van der Waals surface area contributed by atoms with Gasteiger partial charge in [0.15, 0.2) is 0 Å². The van der Waals surface area contributed by atoms with Crippen LogP contribution in [0.3, 0.4) is 0 Å². The molecule has 5 N–H and O–H groups in total. The van der Waals surface area contributed by atoms with Gasteiger partial charge in [-0.3, -0.25) is 0 Å². The summed E-state index contributed by atoms with van der Waals surface area (Å²) in [5.74, 6) is 0.831. The molecule has 2 aromatic carbocycles. The molecule has 0 radical (unpaired) electrons. The van der Waals surface area contributed by atoms with Crippen molar-refractivity contribution in [1.29, 1.82) is 10.7 Å². The molecule has 0 amide bonds. The van der Waals surface area contributed by atoms with Crippen LogP contribution in [0, 0.1) is 16.7 Å². The van der Waals surface area contributed by atoms with Crippen molar-refractivity contribution in [2.75, 3.05) is 25.5 Å². The van der Waals surface area contributed by atoms with E-state index in [1.807, 2.05) is 67.1 Å². The molecule has 3 atom stereocenters. The Hall–Kier alpha value is -3.99. The van der Waals surface area contributed by atoms with Crippen molar-refractivity contribution in [3.8, 4) is 11.9 Å². The molecule has 0 unspecified atom stereocenters. The average molecular weight is 468 g/mol. The Morgan fingerprint density at radius 3 is 2.71 bits per heavy atom. The second-order valence-corrected chi connectivity index (χ2v) is 8.65. The summed E-state index contributed by atoms with van der Waals surface area (Å²) in [5, 5.41) is 25.8. The average Bonchev–Trinajstić information content (AvgIpc) is 2.92. The van der Waals surface area contributed by atoms with Gasteiger partial charge in [-0.25, -0.2) is 4.98 Å². The van der Waals surface area contributed by atoms with E-state index in [0.29, 0.717) is 18.0 Å². The fourth-order valence-corrected chi connectivity index (χ4v) is 4.25. The minimum Gasteiger partial charge on any atom is -0.469 e. The molecule has 0 bridgehead atoms. The van der Waals surface area contributed by atoms with E-state index in [2.05, 4.69) is 40.7 Å². The molecule has 35 heavy (non-hydrogen) atoms. The van der Waals surface area contributed by atoms with Crippen LogP contribution in [0.5, 0.6) is 5.88 Å². The van der Waals surface area contributed by atoms with Crippen LogP contribution in [0.4, 0.5) is 5.69 Å². The molecule has 0 saturated carbocycles. The molecule has 2 heterocycles. The summed E-state index contributed by atoms with van der Waals surface area (Å²) in [5.41, 5.74) is 5.51. The number of hydrogen-bond donors (Lipinski definition) is 4. The Labute approximate surface area is 206 Å². The third-order valence-electron chi connectivity index (χ3n) is 6.23. The van der Waals surface area contributed by atoms with Crippen LogP contribution in [-0.4, -0.2) is 37.4 Å². The number of pyridine rings is 1. The zero-order chi connectivity index (χ0) is 24.6. The number of aromatic nitrogens is 1. The van der Waals surface area contributed by atoms with Crippen molar-refractivity contribution < 1.29 is 10.1 Å². The maximum Gasteiger partial charge on any atom is 0.237 e. The molecular weight excluding hydrogens is 436 g/mol. The van der Waals surface area contributed by atoms with E-state index in [1.165, 1.54) is 11.8 Å². The van der Waals surface area contributed by atoms with Crippen LogP contribution < -0.4 is 20.7 Å². The van der Waals surface area contributed by atoms with Crippen LogP contribution in [0.2, 0.25) is 0 Å². The molecule has 0 saturated heterocycles. The van der Waals surface area contributed by atoms with E-state index in [1.54, 1.807) is 6.20 Å². The van der Waals surface area contributed by atoms with Crippen LogP contribution in [0.1, 0.15) is 41.1 Å². The third kappa shape index (κ3) is 5.75. The molecule has 3 aromatic rings. The molecule has 4 rings (SSSR count). The minimum atomic E-state index is -0.154. The normalized spacial score (nSPS) is 16.7. The summed E-state index contributed by atoms with van der Waals surface area (Å²) in [4.78, 5) is 4.56. The zero-order valence-corrected chi connectivity index (χ0v) is 20.0. The molecule has 178 valence electrons. The lowest BCUT2D eigenvalue weighted by Crippen LogP contribution is -2.72. The van der Waals surface area contributed by atoms with Gasteiger partial charge in [-0.15, -0.1) is 0 Å². The van der Waals surface area contributed by atoms with Gasteiger partial charge in [0, 0.05) is 24.5 Å². The van der Waals surface area contributed by atoms with E-state index >= 15 is 0 Å². The fraction of sp³-hybridized carbons (Fsp3) is 0.250. The number of benzene rings is 2. The third-order valence-corrected chi connectivity index (χ3v) is 6.23. The van der Waals surface area contributed by atoms with Gasteiger partial charge in [-0.05, 0) is 35.2 Å². The predicted molar refractivity (Wildman–Crippen MR) is 139 cm³/mol. The van der Waals surface area contributed by atoms with Gasteiger partial charge in [-0.2, -0.15) is 5.26 Å². The summed E-state index contributed by atoms with van der Waals surface area (Å²) < 4.78 is 6.39. The Morgan fingerprint density at radius 2 is 2.03 bits per heavy atom. The highest BCUT2D eigenvalue weighted by Gasteiger charge is 2.30. The highest BCUT2D eigenvalue weighted by atomic mass is 16.5. The Morgan fingerprint density at radius 1 is 1.26 bits per heavy atom. The summed E-state index contributed by atoms with van der Waals surface area (Å²) in [6, 6.07) is 22.2. The number of anilines is 1. The zero-order valence-electron chi connectivity index (χ0n) is 20.0. The number of hydrogen-bond acceptors (Lipinski definition) is 6. The number of nitrogens with one attached hydrogen (secondary N) is 3. The van der Waals surface area contributed by atoms with E-state index < -0.39 is 0 Å². The summed E-state index contributed by atoms with van der Waals surface area (Å²) in [6.07, 6.45) is 4.83. The molecular formula is C28H31N6O+. The van der Waals surface area contributed by atoms with Crippen LogP contribution >= 0.6 is 0 Å². The number of rotatable bonds is 9. The van der Waals surface area contributed by atoms with E-state index in [4.69, 9.17) is 15.4 Å². The number of nitriles is 1. The highest BCUT2D eigenvalue weighted by Crippen LogP contribution is 2.33. The molecule has 1 aliphatic heterocycles. The standard InChI is InChI=1S/C28H30N6O/c1-19(21-10-8-20(13-29)9-11-21)15-33-27(22-6-4-3-5-7-22)26-18-32-25-12-23(17-34-28(25)35-26)24(14-30)16-31-2/h3-12,14,16-17,19,26-27,30-33H,15,18H2,1-2H3/p+1/b24-16+,30-14?/t19-,26+,27-/m1/s1. The van der Waals surface area contributed by atoms with Gasteiger partial charge < -0.3 is 26.1 Å². The summed E-state index contributed by atoms with van der Waals surface area (Å²) in [6.45, 7) is 3.56. The van der Waals surface area contributed by atoms with E-state index in [9.17, 15) is 0 Å². The first-order chi connectivity index (χ1) is 17.1. The molecule has 7 heteroatoms. The number of nitrogens with zero attached hydrogens (tertiary/aromatic N) is 2. The van der Waals surface area contributed by atoms with E-state index in [-0.39, 0.29) is 18.1 Å². The fourth-order valence-electron chi connectivity index (χ4n) is 4.25. The van der Waals surface area contributed by atoms with Crippen molar-refractivity contribution in [2.45, 2.75) is 25.0 Å². The lowest BCUT2D eigenvalue weighted by Gasteiger charge is -2.34. The number of quaternary nitrogens is 1. The lowest BCUT2D eigenvalue weighted by molar-refractivity contribution is -0.555. The molecule has 1 aliphatic rings. The van der Waals surface area contributed by atoms with E-state index in [0.717, 1.165) is 28.9 Å². The smallest absolute Gasteiger partial charge is 0.237 e. The van der Waals surface area contributed by atoms with Crippen molar-refractivity contribution in [1.82, 2.24) is 10.3 Å². The van der Waals surface area contributed by atoms with Gasteiger partial charge >= 0.3 is 0 Å². The monoisotopic (exact) mass is 467 g/mol. The first-order valence-electron chi connectivity index (χ1n) is 11.8. The van der Waals surface area contributed by atoms with Crippen molar-refractivity contribution in [3.05, 3.63) is 95.3 Å². The van der Waals surface area contributed by atoms with Gasteiger partial charge in [0.25, 0.3) is 0 Å². The second kappa shape index (κ2) is 11.4. The van der Waals surface area contributed by atoms with Gasteiger partial charge in [0.05, 0.1) is 42.5 Å². The number of allylic oxidation sites excluding steroid dienone is 1. The SMILES string of the molecule is C[NH2+]/C=C(\C=N)c1cnc2c(c1)NC[C@@H]([C@H](NC[C@@H](C)c1ccc(C#N)cc1)c1ccccc1)O2. The van der Waals surface area contributed by atoms with Gasteiger partial charge in [-0.1, -0.05) is 49.4 Å². The minimum absolute atomic E-state index is 0.0362. The predicted octanol–water partition coefficient (Wildman–Crippen LogP) is 3.44. The molecule has 0 aliphatic carbocycles. The number of ether oxygens (including phenoxy) is 1. The van der Waals surface area contributed by atoms with Crippen molar-refractivity contribution >= 4 is 17.5 Å². The number of nitrogens with two attached hydrogens (primary N) is 1. The lowest BCUT2D eigenvalue weighted by atomic mass is 9.96. The van der Waals surface area contributed by atoms with Gasteiger partial charge in [0.1, 0.15) is 12.3 Å². The Bertz CT molecular complexity index is 1220. The van der Waals surface area contributed by atoms with Crippen LogP contribution in [0.15, 0.2) is 73.1 Å². The first kappa shape index (κ1) is 24.1. The van der Waals surface area contributed by atoms with Crippen LogP contribution in [-0.2, 0) is 0 Å². The largest absolute Gasteiger partial charge is 0.469 e. The Kier molecular flexibility index (Phi) is 7.88. The number of fused-ring (bicyclic) bond motifs is 1. The maximum atomic E-state index is 9.06. The summed E-state index contributed by atoms with van der Waals surface area (Å²) in [7, 11) is 1.93. The highest BCUT2D eigenvalue weighted by molar-refractivity contribution is 6.08. The topological polar surface area (TPSA) is 110 Å². The van der Waals surface area contributed by atoms with Gasteiger partial charge in [0.2, 0.25) is 5.88 Å². The second-order valence-electron chi connectivity index (χ2n) is 8.65. The molecule has 0 fully saturated rings. The van der Waals surface area contributed by atoms with Crippen molar-refractivity contribution in [3.63, 3.8) is 0 Å².